The summed E-state index contributed by atoms with van der Waals surface area (Å²) in [7, 11) is 0. The van der Waals surface area contributed by atoms with E-state index >= 15 is 0 Å². The van der Waals surface area contributed by atoms with Gasteiger partial charge in [-0.15, -0.1) is 0 Å². The number of carbonyl (C=O) groups excluding carboxylic acids is 1. The molecular formula is C12H11ClF3N3O3. The van der Waals surface area contributed by atoms with E-state index in [1.807, 2.05) is 0 Å². The highest BCUT2D eigenvalue weighted by Crippen LogP contribution is 2.33. The number of aromatic carboxylic acids is 1. The molecule has 2 rings (SSSR count). The number of carbonyl (C=O) groups is 2. The standard InChI is InChI=1S/C12H11ClF3N3O3/c13-11-17-5-7(9(20)21)8(18-11)19(6-3-1-2-4-6)10(22)12(14,15)16/h5-6H,1-4H2,(H,20,21). The number of nitrogens with zero attached hydrogens (tertiary/aromatic N) is 3. The quantitative estimate of drug-likeness (QED) is 0.857. The van der Waals surface area contributed by atoms with E-state index in [0.29, 0.717) is 30.6 Å². The average molecular weight is 338 g/mol. The second-order valence-corrected chi connectivity index (χ2v) is 5.13. The molecule has 22 heavy (non-hydrogen) atoms. The molecule has 1 aliphatic rings. The van der Waals surface area contributed by atoms with Crippen LogP contribution in [0.15, 0.2) is 6.20 Å². The van der Waals surface area contributed by atoms with Crippen molar-refractivity contribution in [3.8, 4) is 0 Å². The number of hydrogen-bond acceptors (Lipinski definition) is 4. The van der Waals surface area contributed by atoms with E-state index in [0.717, 1.165) is 6.20 Å². The fourth-order valence-electron chi connectivity index (χ4n) is 2.42. The van der Waals surface area contributed by atoms with Gasteiger partial charge < -0.3 is 5.11 Å². The fraction of sp³-hybridized carbons (Fsp3) is 0.500. The van der Waals surface area contributed by atoms with Gasteiger partial charge in [0.15, 0.2) is 5.82 Å². The van der Waals surface area contributed by atoms with Crippen molar-refractivity contribution in [1.82, 2.24) is 9.97 Å². The van der Waals surface area contributed by atoms with Crippen LogP contribution in [0.4, 0.5) is 19.0 Å². The van der Waals surface area contributed by atoms with Crippen molar-refractivity contribution in [2.45, 2.75) is 37.9 Å². The number of anilines is 1. The van der Waals surface area contributed by atoms with Crippen molar-refractivity contribution in [1.29, 1.82) is 0 Å². The van der Waals surface area contributed by atoms with Crippen LogP contribution in [0, 0.1) is 0 Å². The average Bonchev–Trinajstić information content (AvgIpc) is 2.91. The van der Waals surface area contributed by atoms with E-state index in [2.05, 4.69) is 9.97 Å². The van der Waals surface area contributed by atoms with E-state index in [-0.39, 0.29) is 0 Å². The van der Waals surface area contributed by atoms with Crippen LogP contribution in [-0.4, -0.2) is 39.2 Å². The molecule has 0 unspecified atom stereocenters. The van der Waals surface area contributed by atoms with Crippen LogP contribution in [0.5, 0.6) is 0 Å². The van der Waals surface area contributed by atoms with Crippen molar-refractivity contribution >= 4 is 29.3 Å². The maximum Gasteiger partial charge on any atom is 0.471 e. The number of carboxylic acid groups (broad SMARTS) is 1. The summed E-state index contributed by atoms with van der Waals surface area (Å²) in [6, 6.07) is -0.766. The van der Waals surface area contributed by atoms with Gasteiger partial charge in [0, 0.05) is 12.2 Å². The molecule has 1 aromatic heterocycles. The van der Waals surface area contributed by atoms with Gasteiger partial charge in [-0.3, -0.25) is 9.69 Å². The predicted molar refractivity (Wildman–Crippen MR) is 69.8 cm³/mol. The number of amides is 1. The Bertz CT molecular complexity index is 603. The second kappa shape index (κ2) is 6.07. The van der Waals surface area contributed by atoms with Crippen LogP contribution in [0.3, 0.4) is 0 Å². The Balaban J connectivity index is 2.56. The smallest absolute Gasteiger partial charge is 0.471 e. The first-order chi connectivity index (χ1) is 10.2. The van der Waals surface area contributed by atoms with Crippen LogP contribution in [0.1, 0.15) is 36.0 Å². The van der Waals surface area contributed by atoms with Crippen molar-refractivity contribution in [2.24, 2.45) is 0 Å². The molecule has 0 spiro atoms. The van der Waals surface area contributed by atoms with E-state index in [9.17, 15) is 22.8 Å². The summed E-state index contributed by atoms with van der Waals surface area (Å²) >= 11 is 5.56. The zero-order valence-electron chi connectivity index (χ0n) is 11.1. The Labute approximate surface area is 127 Å². The molecule has 0 aromatic carbocycles. The van der Waals surface area contributed by atoms with Gasteiger partial charge >= 0.3 is 18.1 Å². The van der Waals surface area contributed by atoms with Crippen LogP contribution >= 0.6 is 11.6 Å². The molecule has 1 fully saturated rings. The molecule has 1 amide bonds. The Morgan fingerprint density at radius 1 is 1.32 bits per heavy atom. The number of hydrogen-bond donors (Lipinski definition) is 1. The monoisotopic (exact) mass is 337 g/mol. The van der Waals surface area contributed by atoms with Gasteiger partial charge in [0.25, 0.3) is 0 Å². The summed E-state index contributed by atoms with van der Waals surface area (Å²) in [6.07, 6.45) is -2.39. The molecule has 1 heterocycles. The van der Waals surface area contributed by atoms with Crippen LogP contribution in [-0.2, 0) is 4.79 Å². The third kappa shape index (κ3) is 3.29. The van der Waals surface area contributed by atoms with Crippen molar-refractivity contribution in [2.75, 3.05) is 4.90 Å². The summed E-state index contributed by atoms with van der Waals surface area (Å²) in [6.45, 7) is 0. The van der Waals surface area contributed by atoms with Crippen molar-refractivity contribution < 1.29 is 27.9 Å². The molecule has 0 atom stereocenters. The largest absolute Gasteiger partial charge is 0.477 e. The molecular weight excluding hydrogens is 327 g/mol. The van der Waals surface area contributed by atoms with Crippen molar-refractivity contribution in [3.05, 3.63) is 17.0 Å². The third-order valence-corrected chi connectivity index (χ3v) is 3.53. The van der Waals surface area contributed by atoms with Gasteiger partial charge in [0.1, 0.15) is 5.56 Å². The Morgan fingerprint density at radius 3 is 2.41 bits per heavy atom. The molecule has 1 aromatic rings. The van der Waals surface area contributed by atoms with E-state index in [1.54, 1.807) is 0 Å². The van der Waals surface area contributed by atoms with E-state index in [4.69, 9.17) is 16.7 Å². The van der Waals surface area contributed by atoms with Gasteiger partial charge in [0.2, 0.25) is 5.28 Å². The van der Waals surface area contributed by atoms with Gasteiger partial charge in [-0.1, -0.05) is 12.8 Å². The van der Waals surface area contributed by atoms with Crippen molar-refractivity contribution in [3.63, 3.8) is 0 Å². The lowest BCUT2D eigenvalue weighted by atomic mass is 10.1. The zero-order chi connectivity index (χ0) is 16.5. The van der Waals surface area contributed by atoms with Gasteiger partial charge in [-0.05, 0) is 24.4 Å². The summed E-state index contributed by atoms with van der Waals surface area (Å²) in [5.74, 6) is -4.32. The van der Waals surface area contributed by atoms with Gasteiger partial charge in [-0.2, -0.15) is 18.2 Å². The summed E-state index contributed by atoms with van der Waals surface area (Å²) in [5, 5.41) is 8.66. The number of rotatable bonds is 3. The molecule has 1 N–H and O–H groups in total. The topological polar surface area (TPSA) is 83.4 Å². The normalized spacial score (nSPS) is 15.8. The Morgan fingerprint density at radius 2 is 1.91 bits per heavy atom. The molecule has 6 nitrogen and oxygen atoms in total. The zero-order valence-corrected chi connectivity index (χ0v) is 11.9. The van der Waals surface area contributed by atoms with E-state index in [1.165, 1.54) is 0 Å². The van der Waals surface area contributed by atoms with E-state index < -0.39 is 40.8 Å². The van der Waals surface area contributed by atoms with Gasteiger partial charge in [-0.25, -0.2) is 9.78 Å². The minimum Gasteiger partial charge on any atom is -0.477 e. The van der Waals surface area contributed by atoms with Crippen LogP contribution in [0.25, 0.3) is 0 Å². The predicted octanol–water partition coefficient (Wildman–Crippen LogP) is 2.67. The molecule has 120 valence electrons. The maximum atomic E-state index is 12.9. The number of halogens is 4. The Hall–Kier alpha value is -1.90. The van der Waals surface area contributed by atoms with Crippen LogP contribution in [0.2, 0.25) is 5.28 Å². The molecule has 0 aliphatic heterocycles. The molecule has 0 radical (unpaired) electrons. The number of alkyl halides is 3. The second-order valence-electron chi connectivity index (χ2n) is 4.79. The number of aromatic nitrogens is 2. The fourth-order valence-corrected chi connectivity index (χ4v) is 2.55. The number of carboxylic acids is 1. The molecule has 0 bridgehead atoms. The SMILES string of the molecule is O=C(O)c1cnc(Cl)nc1N(C(=O)C(F)(F)F)C1CCCC1. The lowest BCUT2D eigenvalue weighted by Crippen LogP contribution is -2.47. The first-order valence-electron chi connectivity index (χ1n) is 6.38. The maximum absolute atomic E-state index is 12.9. The lowest BCUT2D eigenvalue weighted by Gasteiger charge is -2.29. The molecule has 1 aliphatic carbocycles. The highest BCUT2D eigenvalue weighted by atomic mass is 35.5. The first-order valence-corrected chi connectivity index (χ1v) is 6.76. The summed E-state index contributed by atoms with van der Waals surface area (Å²) in [4.78, 5) is 30.3. The molecule has 0 saturated heterocycles. The highest BCUT2D eigenvalue weighted by molar-refractivity contribution is 6.28. The Kier molecular flexibility index (Phi) is 4.55. The summed E-state index contributed by atoms with van der Waals surface area (Å²) in [5.41, 5.74) is -0.603. The van der Waals surface area contributed by atoms with Gasteiger partial charge in [0.05, 0.1) is 0 Å². The minimum atomic E-state index is -5.14. The third-order valence-electron chi connectivity index (χ3n) is 3.35. The molecule has 1 saturated carbocycles. The minimum absolute atomic E-state index is 0.336. The summed E-state index contributed by atoms with van der Waals surface area (Å²) < 4.78 is 38.6. The lowest BCUT2D eigenvalue weighted by molar-refractivity contribution is -0.171. The van der Waals surface area contributed by atoms with Crippen LogP contribution < -0.4 is 4.90 Å². The molecule has 10 heteroatoms. The highest BCUT2D eigenvalue weighted by Gasteiger charge is 2.47. The first kappa shape index (κ1) is 16.5.